The largest absolute Gasteiger partial charge is 0.494 e. The Labute approximate surface area is 147 Å². The van der Waals surface area contributed by atoms with Gasteiger partial charge in [0, 0.05) is 25.4 Å². The van der Waals surface area contributed by atoms with Gasteiger partial charge in [-0.05, 0) is 49.2 Å². The van der Waals surface area contributed by atoms with Crippen molar-refractivity contribution in [2.75, 3.05) is 13.2 Å². The van der Waals surface area contributed by atoms with E-state index < -0.39 is 0 Å². The molecule has 130 valence electrons. The SMILES string of the molecule is CCOc1ccc(CC(=O)NCCc2cn3ccc(C)cc3n2)cc1. The van der Waals surface area contributed by atoms with Gasteiger partial charge in [-0.1, -0.05) is 12.1 Å². The number of rotatable bonds is 7. The van der Waals surface area contributed by atoms with Crippen molar-refractivity contribution < 1.29 is 9.53 Å². The Balaban J connectivity index is 1.48. The van der Waals surface area contributed by atoms with Crippen LogP contribution < -0.4 is 10.1 Å². The first-order valence-corrected chi connectivity index (χ1v) is 8.56. The van der Waals surface area contributed by atoms with E-state index in [1.54, 1.807) is 0 Å². The third-order valence-electron chi connectivity index (χ3n) is 3.97. The minimum atomic E-state index is 0.0174. The average Bonchev–Trinajstić information content (AvgIpc) is 2.98. The van der Waals surface area contributed by atoms with Crippen molar-refractivity contribution in [2.24, 2.45) is 0 Å². The summed E-state index contributed by atoms with van der Waals surface area (Å²) in [6.45, 7) is 5.22. The number of carbonyl (C=O) groups is 1. The van der Waals surface area contributed by atoms with Crippen molar-refractivity contribution in [3.63, 3.8) is 0 Å². The van der Waals surface area contributed by atoms with Gasteiger partial charge in [0.15, 0.2) is 0 Å². The van der Waals surface area contributed by atoms with E-state index in [0.717, 1.165) is 29.1 Å². The molecule has 0 radical (unpaired) electrons. The normalized spacial score (nSPS) is 10.8. The van der Waals surface area contributed by atoms with Crippen LogP contribution in [0, 0.1) is 6.92 Å². The highest BCUT2D eigenvalue weighted by Crippen LogP contribution is 2.12. The third kappa shape index (κ3) is 4.59. The summed E-state index contributed by atoms with van der Waals surface area (Å²) in [6.07, 6.45) is 5.10. The topological polar surface area (TPSA) is 55.6 Å². The molecule has 0 aliphatic carbocycles. The molecule has 0 fully saturated rings. The van der Waals surface area contributed by atoms with E-state index in [1.165, 1.54) is 5.56 Å². The van der Waals surface area contributed by atoms with Gasteiger partial charge in [0.25, 0.3) is 0 Å². The predicted molar refractivity (Wildman–Crippen MR) is 98.0 cm³/mol. The number of nitrogens with one attached hydrogen (secondary N) is 1. The molecular weight excluding hydrogens is 314 g/mol. The fourth-order valence-electron chi connectivity index (χ4n) is 2.70. The van der Waals surface area contributed by atoms with E-state index in [-0.39, 0.29) is 5.91 Å². The number of imidazole rings is 1. The van der Waals surface area contributed by atoms with Crippen molar-refractivity contribution in [2.45, 2.75) is 26.7 Å². The van der Waals surface area contributed by atoms with Crippen molar-refractivity contribution in [1.29, 1.82) is 0 Å². The minimum Gasteiger partial charge on any atom is -0.494 e. The smallest absolute Gasteiger partial charge is 0.224 e. The number of pyridine rings is 1. The Hall–Kier alpha value is -2.82. The third-order valence-corrected chi connectivity index (χ3v) is 3.97. The average molecular weight is 337 g/mol. The zero-order valence-corrected chi connectivity index (χ0v) is 14.7. The number of aryl methyl sites for hydroxylation is 1. The molecule has 3 aromatic rings. The molecule has 0 saturated heterocycles. The summed E-state index contributed by atoms with van der Waals surface area (Å²) >= 11 is 0. The van der Waals surface area contributed by atoms with Gasteiger partial charge in [0.2, 0.25) is 5.91 Å². The van der Waals surface area contributed by atoms with Gasteiger partial charge in [-0.15, -0.1) is 0 Å². The maximum Gasteiger partial charge on any atom is 0.224 e. The lowest BCUT2D eigenvalue weighted by atomic mass is 10.1. The highest BCUT2D eigenvalue weighted by atomic mass is 16.5. The van der Waals surface area contributed by atoms with Gasteiger partial charge in [-0.25, -0.2) is 4.98 Å². The monoisotopic (exact) mass is 337 g/mol. The Bertz CT molecular complexity index is 853. The number of aromatic nitrogens is 2. The Morgan fingerprint density at radius 2 is 2.04 bits per heavy atom. The summed E-state index contributed by atoms with van der Waals surface area (Å²) in [5.74, 6) is 0.845. The molecule has 1 amide bonds. The molecule has 3 rings (SSSR count). The van der Waals surface area contributed by atoms with Crippen LogP contribution >= 0.6 is 0 Å². The van der Waals surface area contributed by atoms with Gasteiger partial charge in [0.1, 0.15) is 11.4 Å². The second-order valence-electron chi connectivity index (χ2n) is 6.06. The number of fused-ring (bicyclic) bond motifs is 1. The number of carbonyl (C=O) groups excluding carboxylic acids is 1. The predicted octanol–water partition coefficient (Wildman–Crippen LogP) is 2.94. The van der Waals surface area contributed by atoms with Gasteiger partial charge in [-0.3, -0.25) is 4.79 Å². The molecular formula is C20H23N3O2. The summed E-state index contributed by atoms with van der Waals surface area (Å²) in [5.41, 5.74) is 4.08. The molecule has 0 unspecified atom stereocenters. The quantitative estimate of drug-likeness (QED) is 0.721. The standard InChI is InChI=1S/C20H23N3O2/c1-3-25-18-6-4-16(5-7-18)13-20(24)21-10-8-17-14-23-11-9-15(2)12-19(23)22-17/h4-7,9,11-12,14H,3,8,10,13H2,1-2H3,(H,21,24). The number of hydrogen-bond donors (Lipinski definition) is 1. The van der Waals surface area contributed by atoms with E-state index in [0.29, 0.717) is 19.6 Å². The van der Waals surface area contributed by atoms with Gasteiger partial charge in [-0.2, -0.15) is 0 Å². The van der Waals surface area contributed by atoms with Crippen molar-refractivity contribution >= 4 is 11.6 Å². The molecule has 1 N–H and O–H groups in total. The van der Waals surface area contributed by atoms with Crippen molar-refractivity contribution in [3.05, 3.63) is 65.6 Å². The minimum absolute atomic E-state index is 0.0174. The summed E-state index contributed by atoms with van der Waals surface area (Å²) in [7, 11) is 0. The Kier molecular flexibility index (Phi) is 5.33. The maximum atomic E-state index is 12.1. The van der Waals surface area contributed by atoms with Crippen LogP contribution in [0.5, 0.6) is 5.75 Å². The van der Waals surface area contributed by atoms with E-state index >= 15 is 0 Å². The van der Waals surface area contributed by atoms with Crippen LogP contribution in [-0.2, 0) is 17.6 Å². The number of ether oxygens (including phenoxy) is 1. The summed E-state index contributed by atoms with van der Waals surface area (Å²) in [4.78, 5) is 16.6. The Morgan fingerprint density at radius 1 is 1.24 bits per heavy atom. The molecule has 25 heavy (non-hydrogen) atoms. The molecule has 5 nitrogen and oxygen atoms in total. The summed E-state index contributed by atoms with van der Waals surface area (Å²) in [5, 5.41) is 2.96. The molecule has 0 aliphatic heterocycles. The van der Waals surface area contributed by atoms with Crippen LogP contribution in [-0.4, -0.2) is 28.4 Å². The number of nitrogens with zero attached hydrogens (tertiary/aromatic N) is 2. The summed E-state index contributed by atoms with van der Waals surface area (Å²) < 4.78 is 7.41. The zero-order chi connectivity index (χ0) is 17.6. The molecule has 0 saturated carbocycles. The van der Waals surface area contributed by atoms with Crippen LogP contribution in [0.15, 0.2) is 48.8 Å². The van der Waals surface area contributed by atoms with Crippen molar-refractivity contribution in [3.8, 4) is 5.75 Å². The van der Waals surface area contributed by atoms with Crippen molar-refractivity contribution in [1.82, 2.24) is 14.7 Å². The molecule has 2 aromatic heterocycles. The maximum absolute atomic E-state index is 12.1. The molecule has 5 heteroatoms. The number of hydrogen-bond acceptors (Lipinski definition) is 3. The van der Waals surface area contributed by atoms with E-state index in [1.807, 2.05) is 54.0 Å². The lowest BCUT2D eigenvalue weighted by Gasteiger charge is -2.06. The van der Waals surface area contributed by atoms with Gasteiger partial charge >= 0.3 is 0 Å². The molecule has 0 aliphatic rings. The van der Waals surface area contributed by atoms with Gasteiger partial charge < -0.3 is 14.5 Å². The highest BCUT2D eigenvalue weighted by molar-refractivity contribution is 5.78. The fraction of sp³-hybridized carbons (Fsp3) is 0.300. The molecule has 0 atom stereocenters. The van der Waals surface area contributed by atoms with E-state index in [2.05, 4.69) is 23.3 Å². The number of amides is 1. The molecule has 2 heterocycles. The van der Waals surface area contributed by atoms with E-state index in [4.69, 9.17) is 4.74 Å². The van der Waals surface area contributed by atoms with Crippen LogP contribution in [0.4, 0.5) is 0 Å². The van der Waals surface area contributed by atoms with E-state index in [9.17, 15) is 4.79 Å². The van der Waals surface area contributed by atoms with Crippen LogP contribution in [0.1, 0.15) is 23.7 Å². The molecule has 1 aromatic carbocycles. The Morgan fingerprint density at radius 3 is 2.80 bits per heavy atom. The van der Waals surface area contributed by atoms with Crippen LogP contribution in [0.25, 0.3) is 5.65 Å². The summed E-state index contributed by atoms with van der Waals surface area (Å²) in [6, 6.07) is 11.7. The lowest BCUT2D eigenvalue weighted by Crippen LogP contribution is -2.27. The zero-order valence-electron chi connectivity index (χ0n) is 14.7. The van der Waals surface area contributed by atoms with Crippen LogP contribution in [0.2, 0.25) is 0 Å². The fourth-order valence-corrected chi connectivity index (χ4v) is 2.70. The second kappa shape index (κ2) is 7.83. The molecule has 0 bridgehead atoms. The molecule has 0 spiro atoms. The van der Waals surface area contributed by atoms with Crippen LogP contribution in [0.3, 0.4) is 0 Å². The first-order chi connectivity index (χ1) is 12.1. The van der Waals surface area contributed by atoms with Gasteiger partial charge in [0.05, 0.1) is 18.7 Å². The first kappa shape index (κ1) is 17.0. The lowest BCUT2D eigenvalue weighted by molar-refractivity contribution is -0.120. The highest BCUT2D eigenvalue weighted by Gasteiger charge is 2.05. The number of benzene rings is 1. The second-order valence-corrected chi connectivity index (χ2v) is 6.06. The first-order valence-electron chi connectivity index (χ1n) is 8.56.